The molecule has 0 amide bonds. The van der Waals surface area contributed by atoms with E-state index < -0.39 is 0 Å². The molecule has 1 aromatic rings. The molecule has 18 heavy (non-hydrogen) atoms. The molecule has 0 heterocycles. The largest absolute Gasteiger partial charge is 0.370 e. The number of hydrogen-bond acceptors (Lipinski definition) is 2. The Morgan fingerprint density at radius 3 is 2.94 bits per heavy atom. The smallest absolute Gasteiger partial charge is 0.188 e. The molecule has 0 bridgehead atoms. The zero-order valence-corrected chi connectivity index (χ0v) is 11.5. The van der Waals surface area contributed by atoms with Crippen molar-refractivity contribution in [3.63, 3.8) is 0 Å². The molecule has 0 unspecified atom stereocenters. The van der Waals surface area contributed by atoms with Crippen LogP contribution in [-0.2, 0) is 5.75 Å². The van der Waals surface area contributed by atoms with Gasteiger partial charge in [0.1, 0.15) is 5.82 Å². The Kier molecular flexibility index (Phi) is 7.25. The van der Waals surface area contributed by atoms with Gasteiger partial charge in [-0.3, -0.25) is 4.99 Å². The van der Waals surface area contributed by atoms with E-state index in [0.29, 0.717) is 11.7 Å². The van der Waals surface area contributed by atoms with Crippen LogP contribution in [0.3, 0.4) is 0 Å². The number of nitrogens with zero attached hydrogens (tertiary/aromatic N) is 1. The van der Waals surface area contributed by atoms with Gasteiger partial charge in [-0.25, -0.2) is 4.39 Å². The van der Waals surface area contributed by atoms with Crippen LogP contribution in [0.2, 0.25) is 0 Å². The first-order valence-corrected chi connectivity index (χ1v) is 7.24. The molecule has 0 saturated carbocycles. The molecule has 0 aromatic heterocycles. The second-order valence-electron chi connectivity index (χ2n) is 3.84. The van der Waals surface area contributed by atoms with E-state index in [1.807, 2.05) is 12.1 Å². The fraction of sp³-hybridized carbons (Fsp3) is 0.462. The second-order valence-corrected chi connectivity index (χ2v) is 4.94. The van der Waals surface area contributed by atoms with Crippen molar-refractivity contribution in [2.75, 3.05) is 18.8 Å². The fourth-order valence-electron chi connectivity index (χ4n) is 1.34. The maximum Gasteiger partial charge on any atom is 0.188 e. The fourth-order valence-corrected chi connectivity index (χ4v) is 2.18. The molecule has 1 rings (SSSR count). The number of guanidine groups is 1. The predicted molar refractivity (Wildman–Crippen MR) is 77.3 cm³/mol. The van der Waals surface area contributed by atoms with Gasteiger partial charge in [0.25, 0.3) is 0 Å². The van der Waals surface area contributed by atoms with Gasteiger partial charge in [-0.05, 0) is 18.1 Å². The highest BCUT2D eigenvalue weighted by molar-refractivity contribution is 7.98. The number of aliphatic imine (C=N–C) groups is 1. The summed E-state index contributed by atoms with van der Waals surface area (Å²) in [5.41, 5.74) is 6.39. The molecule has 0 fully saturated rings. The Hall–Kier alpha value is -1.23. The zero-order chi connectivity index (χ0) is 13.2. The van der Waals surface area contributed by atoms with E-state index >= 15 is 0 Å². The first kappa shape index (κ1) is 14.8. The van der Waals surface area contributed by atoms with E-state index in [1.54, 1.807) is 17.8 Å². The van der Waals surface area contributed by atoms with Gasteiger partial charge in [0.2, 0.25) is 0 Å². The van der Waals surface area contributed by atoms with Crippen LogP contribution in [0, 0.1) is 5.82 Å². The molecule has 3 N–H and O–H groups in total. The number of nitrogens with two attached hydrogens (primary N) is 1. The topological polar surface area (TPSA) is 50.4 Å². The minimum atomic E-state index is -0.137. The normalized spacial score (nSPS) is 11.6. The van der Waals surface area contributed by atoms with E-state index in [4.69, 9.17) is 5.73 Å². The van der Waals surface area contributed by atoms with Gasteiger partial charge >= 0.3 is 0 Å². The van der Waals surface area contributed by atoms with Gasteiger partial charge in [0.15, 0.2) is 5.96 Å². The maximum absolute atomic E-state index is 13.3. The third-order valence-corrected chi connectivity index (χ3v) is 3.28. The van der Waals surface area contributed by atoms with Crippen molar-refractivity contribution in [1.82, 2.24) is 5.32 Å². The summed E-state index contributed by atoms with van der Waals surface area (Å²) < 4.78 is 13.3. The van der Waals surface area contributed by atoms with Gasteiger partial charge in [-0.2, -0.15) is 11.8 Å². The molecule has 0 aliphatic heterocycles. The summed E-state index contributed by atoms with van der Waals surface area (Å²) >= 11 is 1.67. The molecule has 0 atom stereocenters. The molecule has 0 aliphatic carbocycles. The number of benzene rings is 1. The number of hydrogen-bond donors (Lipinski definition) is 2. The SMILES string of the molecule is CCCN=C(N)NCCSCc1ccccc1F. The lowest BCUT2D eigenvalue weighted by Gasteiger charge is -2.06. The van der Waals surface area contributed by atoms with Gasteiger partial charge in [0.05, 0.1) is 0 Å². The minimum absolute atomic E-state index is 0.137. The lowest BCUT2D eigenvalue weighted by molar-refractivity contribution is 0.617. The van der Waals surface area contributed by atoms with E-state index in [9.17, 15) is 4.39 Å². The lowest BCUT2D eigenvalue weighted by Crippen LogP contribution is -2.33. The highest BCUT2D eigenvalue weighted by atomic mass is 32.2. The van der Waals surface area contributed by atoms with E-state index in [0.717, 1.165) is 30.8 Å². The summed E-state index contributed by atoms with van der Waals surface area (Å²) in [5.74, 6) is 1.90. The van der Waals surface area contributed by atoms with Crippen molar-refractivity contribution in [2.45, 2.75) is 19.1 Å². The lowest BCUT2D eigenvalue weighted by atomic mass is 10.2. The molecule has 3 nitrogen and oxygen atoms in total. The number of thioether (sulfide) groups is 1. The zero-order valence-electron chi connectivity index (χ0n) is 10.7. The predicted octanol–water partition coefficient (Wildman–Crippen LogP) is 2.37. The van der Waals surface area contributed by atoms with Crippen LogP contribution in [-0.4, -0.2) is 24.8 Å². The van der Waals surface area contributed by atoms with Gasteiger partial charge in [-0.1, -0.05) is 25.1 Å². The monoisotopic (exact) mass is 269 g/mol. The van der Waals surface area contributed by atoms with Crippen LogP contribution >= 0.6 is 11.8 Å². The molecule has 0 aliphatic rings. The van der Waals surface area contributed by atoms with Crippen molar-refractivity contribution < 1.29 is 4.39 Å². The molecule has 0 saturated heterocycles. The molecule has 1 aromatic carbocycles. The van der Waals surface area contributed by atoms with Crippen LogP contribution in [0.4, 0.5) is 4.39 Å². The van der Waals surface area contributed by atoms with E-state index in [1.165, 1.54) is 6.07 Å². The van der Waals surface area contributed by atoms with Gasteiger partial charge in [0, 0.05) is 24.6 Å². The summed E-state index contributed by atoms with van der Waals surface area (Å²) in [7, 11) is 0. The average molecular weight is 269 g/mol. The Bertz CT molecular complexity index is 382. The summed E-state index contributed by atoms with van der Waals surface area (Å²) in [6.07, 6.45) is 0.990. The standard InChI is InChI=1S/C13H20FN3S/c1-2-7-16-13(15)17-8-9-18-10-11-5-3-4-6-12(11)14/h3-6H,2,7-10H2,1H3,(H3,15,16,17). The number of halogens is 1. The first-order valence-electron chi connectivity index (χ1n) is 6.09. The van der Waals surface area contributed by atoms with Crippen molar-refractivity contribution >= 4 is 17.7 Å². The molecular weight excluding hydrogens is 249 g/mol. The van der Waals surface area contributed by atoms with Crippen LogP contribution in [0.1, 0.15) is 18.9 Å². The van der Waals surface area contributed by atoms with Gasteiger partial charge in [-0.15, -0.1) is 0 Å². The summed E-state index contributed by atoms with van der Waals surface area (Å²) in [5, 5.41) is 3.03. The first-order chi connectivity index (χ1) is 8.74. The van der Waals surface area contributed by atoms with Crippen LogP contribution < -0.4 is 11.1 Å². The Morgan fingerprint density at radius 2 is 2.22 bits per heavy atom. The quantitative estimate of drug-likeness (QED) is 0.454. The van der Waals surface area contributed by atoms with E-state index in [-0.39, 0.29) is 5.82 Å². The second kappa shape index (κ2) is 8.80. The molecular formula is C13H20FN3S. The van der Waals surface area contributed by atoms with Crippen LogP contribution in [0.25, 0.3) is 0 Å². The summed E-state index contributed by atoms with van der Waals surface area (Å²) in [6.45, 7) is 3.56. The molecule has 5 heteroatoms. The van der Waals surface area contributed by atoms with Crippen molar-refractivity contribution in [3.8, 4) is 0 Å². The van der Waals surface area contributed by atoms with Gasteiger partial charge < -0.3 is 11.1 Å². The third-order valence-electron chi connectivity index (χ3n) is 2.27. The third kappa shape index (κ3) is 5.91. The molecule has 100 valence electrons. The highest BCUT2D eigenvalue weighted by Crippen LogP contribution is 2.14. The average Bonchev–Trinajstić information content (AvgIpc) is 2.38. The molecule has 0 spiro atoms. The number of nitrogens with one attached hydrogen (secondary N) is 1. The van der Waals surface area contributed by atoms with Crippen LogP contribution in [0.15, 0.2) is 29.3 Å². The molecule has 0 radical (unpaired) electrons. The Morgan fingerprint density at radius 1 is 1.44 bits per heavy atom. The van der Waals surface area contributed by atoms with E-state index in [2.05, 4.69) is 17.2 Å². The highest BCUT2D eigenvalue weighted by Gasteiger charge is 2.00. The minimum Gasteiger partial charge on any atom is -0.370 e. The maximum atomic E-state index is 13.3. The van der Waals surface area contributed by atoms with Crippen molar-refractivity contribution in [3.05, 3.63) is 35.6 Å². The summed E-state index contributed by atoms with van der Waals surface area (Å²) in [6, 6.07) is 6.86. The van der Waals surface area contributed by atoms with Crippen molar-refractivity contribution in [1.29, 1.82) is 0 Å². The Balaban J connectivity index is 2.14. The number of rotatable bonds is 7. The van der Waals surface area contributed by atoms with Crippen LogP contribution in [0.5, 0.6) is 0 Å². The summed E-state index contributed by atoms with van der Waals surface area (Å²) in [4.78, 5) is 4.13. The van der Waals surface area contributed by atoms with Crippen molar-refractivity contribution in [2.24, 2.45) is 10.7 Å². The Labute approximate surface area is 112 Å².